The van der Waals surface area contributed by atoms with Crippen molar-refractivity contribution >= 4 is 5.69 Å². The number of ether oxygens (including phenoxy) is 1. The lowest BCUT2D eigenvalue weighted by atomic mass is 10.1. The van der Waals surface area contributed by atoms with E-state index in [2.05, 4.69) is 68.6 Å². The van der Waals surface area contributed by atoms with Gasteiger partial charge in [0.2, 0.25) is 0 Å². The molecule has 2 aromatic rings. The van der Waals surface area contributed by atoms with E-state index in [4.69, 9.17) is 4.74 Å². The van der Waals surface area contributed by atoms with Crippen molar-refractivity contribution in [1.82, 2.24) is 0 Å². The van der Waals surface area contributed by atoms with E-state index in [9.17, 15) is 0 Å². The van der Waals surface area contributed by atoms with Crippen LogP contribution in [0.25, 0.3) is 0 Å². The molecule has 2 aromatic carbocycles. The van der Waals surface area contributed by atoms with Crippen molar-refractivity contribution in [2.75, 3.05) is 11.9 Å². The Morgan fingerprint density at radius 3 is 2.52 bits per heavy atom. The summed E-state index contributed by atoms with van der Waals surface area (Å²) in [7, 11) is 0. The van der Waals surface area contributed by atoms with Crippen LogP contribution in [0.5, 0.6) is 5.75 Å². The van der Waals surface area contributed by atoms with E-state index in [0.717, 1.165) is 31.0 Å². The molecule has 0 aliphatic heterocycles. The van der Waals surface area contributed by atoms with Gasteiger partial charge in [-0.2, -0.15) is 0 Å². The zero-order chi connectivity index (χ0) is 15.1. The molecule has 0 radical (unpaired) electrons. The van der Waals surface area contributed by atoms with Gasteiger partial charge in [-0.3, -0.25) is 0 Å². The smallest absolute Gasteiger partial charge is 0.119 e. The van der Waals surface area contributed by atoms with Gasteiger partial charge in [-0.1, -0.05) is 43.7 Å². The Balaban J connectivity index is 1.87. The van der Waals surface area contributed by atoms with Gasteiger partial charge in [0.1, 0.15) is 5.75 Å². The van der Waals surface area contributed by atoms with E-state index < -0.39 is 0 Å². The summed E-state index contributed by atoms with van der Waals surface area (Å²) in [5.74, 6) is 1.63. The molecule has 112 valence electrons. The van der Waals surface area contributed by atoms with Gasteiger partial charge in [0.15, 0.2) is 0 Å². The number of rotatable bonds is 7. The summed E-state index contributed by atoms with van der Waals surface area (Å²) in [6.45, 7) is 8.12. The second-order valence-corrected chi connectivity index (χ2v) is 5.90. The van der Waals surface area contributed by atoms with Gasteiger partial charge >= 0.3 is 0 Å². The third kappa shape index (κ3) is 5.50. The largest absolute Gasteiger partial charge is 0.494 e. The van der Waals surface area contributed by atoms with E-state index in [-0.39, 0.29) is 0 Å². The molecule has 0 fully saturated rings. The minimum atomic E-state index is 0.677. The quantitative estimate of drug-likeness (QED) is 0.769. The second kappa shape index (κ2) is 7.72. The van der Waals surface area contributed by atoms with E-state index in [1.807, 2.05) is 6.07 Å². The fraction of sp³-hybridized carbons (Fsp3) is 0.368. The molecule has 0 unspecified atom stereocenters. The average Bonchev–Trinajstić information content (AvgIpc) is 2.47. The number of nitrogens with one attached hydrogen (secondary N) is 1. The standard InChI is InChI=1S/C19H25NO/c1-15(2)11-12-21-19-6-4-5-17(13-19)14-20-18-9-7-16(3)8-10-18/h4-10,13,15,20H,11-12,14H2,1-3H3. The van der Waals surface area contributed by atoms with Gasteiger partial charge in [0.25, 0.3) is 0 Å². The molecule has 0 bridgehead atoms. The molecule has 0 heterocycles. The molecule has 2 nitrogen and oxygen atoms in total. The summed E-state index contributed by atoms with van der Waals surface area (Å²) in [5.41, 5.74) is 3.66. The van der Waals surface area contributed by atoms with E-state index in [1.165, 1.54) is 11.1 Å². The summed E-state index contributed by atoms with van der Waals surface area (Å²) in [6, 6.07) is 16.8. The highest BCUT2D eigenvalue weighted by atomic mass is 16.5. The molecule has 0 aliphatic rings. The highest BCUT2D eigenvalue weighted by Gasteiger charge is 1.99. The Morgan fingerprint density at radius 2 is 1.81 bits per heavy atom. The van der Waals surface area contributed by atoms with Crippen molar-refractivity contribution in [2.45, 2.75) is 33.7 Å². The number of hydrogen-bond donors (Lipinski definition) is 1. The molecular formula is C19H25NO. The van der Waals surface area contributed by atoms with E-state index in [1.54, 1.807) is 0 Å². The Morgan fingerprint density at radius 1 is 1.05 bits per heavy atom. The third-order valence-corrected chi connectivity index (χ3v) is 3.41. The Bertz CT molecular complexity index is 546. The van der Waals surface area contributed by atoms with Crippen LogP contribution in [0.2, 0.25) is 0 Å². The minimum absolute atomic E-state index is 0.677. The molecule has 2 rings (SSSR count). The molecule has 21 heavy (non-hydrogen) atoms. The molecule has 0 aromatic heterocycles. The van der Waals surface area contributed by atoms with Crippen molar-refractivity contribution < 1.29 is 4.74 Å². The Hall–Kier alpha value is -1.96. The number of benzene rings is 2. The normalized spacial score (nSPS) is 10.7. The van der Waals surface area contributed by atoms with Crippen molar-refractivity contribution in [3.8, 4) is 5.75 Å². The molecular weight excluding hydrogens is 258 g/mol. The van der Waals surface area contributed by atoms with Gasteiger partial charge in [0.05, 0.1) is 6.61 Å². The molecule has 0 atom stereocenters. The van der Waals surface area contributed by atoms with Gasteiger partial charge in [0, 0.05) is 12.2 Å². The maximum absolute atomic E-state index is 5.80. The lowest BCUT2D eigenvalue weighted by Gasteiger charge is -2.11. The predicted molar refractivity (Wildman–Crippen MR) is 89.9 cm³/mol. The zero-order valence-corrected chi connectivity index (χ0v) is 13.2. The van der Waals surface area contributed by atoms with Crippen molar-refractivity contribution in [1.29, 1.82) is 0 Å². The summed E-state index contributed by atoms with van der Waals surface area (Å²) < 4.78 is 5.80. The van der Waals surface area contributed by atoms with Gasteiger partial charge in [-0.05, 0) is 49.1 Å². The van der Waals surface area contributed by atoms with Crippen LogP contribution in [0.15, 0.2) is 48.5 Å². The Kier molecular flexibility index (Phi) is 5.68. The van der Waals surface area contributed by atoms with Crippen LogP contribution in [-0.2, 0) is 6.54 Å². The van der Waals surface area contributed by atoms with Crippen molar-refractivity contribution in [3.05, 3.63) is 59.7 Å². The van der Waals surface area contributed by atoms with Crippen LogP contribution < -0.4 is 10.1 Å². The molecule has 2 heteroatoms. The Labute approximate surface area is 128 Å². The summed E-state index contributed by atoms with van der Waals surface area (Å²) in [6.07, 6.45) is 1.09. The third-order valence-electron chi connectivity index (χ3n) is 3.41. The maximum atomic E-state index is 5.80. The van der Waals surface area contributed by atoms with Crippen LogP contribution in [0.4, 0.5) is 5.69 Å². The van der Waals surface area contributed by atoms with Crippen molar-refractivity contribution in [2.24, 2.45) is 5.92 Å². The monoisotopic (exact) mass is 283 g/mol. The average molecular weight is 283 g/mol. The lowest BCUT2D eigenvalue weighted by Crippen LogP contribution is -2.03. The van der Waals surface area contributed by atoms with Crippen LogP contribution in [0, 0.1) is 12.8 Å². The minimum Gasteiger partial charge on any atom is -0.494 e. The summed E-state index contributed by atoms with van der Waals surface area (Å²) in [4.78, 5) is 0. The number of aryl methyl sites for hydroxylation is 1. The van der Waals surface area contributed by atoms with Gasteiger partial charge in [-0.25, -0.2) is 0 Å². The van der Waals surface area contributed by atoms with Crippen LogP contribution >= 0.6 is 0 Å². The first kappa shape index (κ1) is 15.4. The molecule has 0 aliphatic carbocycles. The molecule has 0 spiro atoms. The van der Waals surface area contributed by atoms with Gasteiger partial charge in [-0.15, -0.1) is 0 Å². The maximum Gasteiger partial charge on any atom is 0.119 e. The predicted octanol–water partition coefficient (Wildman–Crippen LogP) is 5.03. The fourth-order valence-corrected chi connectivity index (χ4v) is 2.03. The highest BCUT2D eigenvalue weighted by molar-refractivity contribution is 5.45. The second-order valence-electron chi connectivity index (χ2n) is 5.90. The van der Waals surface area contributed by atoms with Crippen LogP contribution in [-0.4, -0.2) is 6.61 Å². The molecule has 0 saturated heterocycles. The number of hydrogen-bond acceptors (Lipinski definition) is 2. The van der Waals surface area contributed by atoms with E-state index in [0.29, 0.717) is 5.92 Å². The lowest BCUT2D eigenvalue weighted by molar-refractivity contribution is 0.289. The first-order valence-electron chi connectivity index (χ1n) is 7.66. The molecule has 1 N–H and O–H groups in total. The topological polar surface area (TPSA) is 21.3 Å². The number of anilines is 1. The SMILES string of the molecule is Cc1ccc(NCc2cccc(OCCC(C)C)c2)cc1. The van der Waals surface area contributed by atoms with Gasteiger partial charge < -0.3 is 10.1 Å². The highest BCUT2D eigenvalue weighted by Crippen LogP contribution is 2.16. The first-order valence-corrected chi connectivity index (χ1v) is 7.66. The summed E-state index contributed by atoms with van der Waals surface area (Å²) in [5, 5.41) is 3.43. The van der Waals surface area contributed by atoms with E-state index >= 15 is 0 Å². The first-order chi connectivity index (χ1) is 10.1. The van der Waals surface area contributed by atoms with Crippen LogP contribution in [0.3, 0.4) is 0 Å². The van der Waals surface area contributed by atoms with Crippen LogP contribution in [0.1, 0.15) is 31.4 Å². The fourth-order valence-electron chi connectivity index (χ4n) is 2.03. The molecule has 0 amide bonds. The van der Waals surface area contributed by atoms with Crippen molar-refractivity contribution in [3.63, 3.8) is 0 Å². The molecule has 0 saturated carbocycles. The zero-order valence-electron chi connectivity index (χ0n) is 13.2. The summed E-state index contributed by atoms with van der Waals surface area (Å²) >= 11 is 0.